The van der Waals surface area contributed by atoms with E-state index >= 15 is 0 Å². The van der Waals surface area contributed by atoms with Crippen LogP contribution in [0.15, 0.2) is 0 Å². The minimum Gasteiger partial charge on any atom is -0.342 e. The molecular formula is C15H28BrNO. The molecule has 1 aliphatic carbocycles. The van der Waals surface area contributed by atoms with E-state index in [1.807, 2.05) is 0 Å². The zero-order valence-electron chi connectivity index (χ0n) is 11.8. The Kier molecular flexibility index (Phi) is 8.74. The summed E-state index contributed by atoms with van der Waals surface area (Å²) in [6, 6.07) is 0. The molecule has 106 valence electrons. The number of hydrogen-bond acceptors (Lipinski definition) is 1. The highest BCUT2D eigenvalue weighted by Gasteiger charge is 2.19. The summed E-state index contributed by atoms with van der Waals surface area (Å²) >= 11 is 3.45. The molecule has 0 saturated heterocycles. The molecule has 0 aromatic heterocycles. The average Bonchev–Trinajstić information content (AvgIpc) is 2.63. The molecule has 0 spiro atoms. The molecule has 0 aliphatic heterocycles. The van der Waals surface area contributed by atoms with Gasteiger partial charge in [-0.2, -0.15) is 0 Å². The van der Waals surface area contributed by atoms with Crippen molar-refractivity contribution in [3.63, 3.8) is 0 Å². The summed E-state index contributed by atoms with van der Waals surface area (Å²) < 4.78 is 0. The van der Waals surface area contributed by atoms with Crippen LogP contribution in [-0.2, 0) is 4.79 Å². The van der Waals surface area contributed by atoms with Gasteiger partial charge in [0.05, 0.1) is 0 Å². The second kappa shape index (κ2) is 9.82. The third-order valence-electron chi connectivity index (χ3n) is 3.93. The van der Waals surface area contributed by atoms with Crippen molar-refractivity contribution in [2.45, 2.75) is 64.7 Å². The summed E-state index contributed by atoms with van der Waals surface area (Å²) in [6.45, 7) is 3.99. The number of unbranched alkanes of at least 4 members (excludes halogenated alkanes) is 1. The topological polar surface area (TPSA) is 20.3 Å². The van der Waals surface area contributed by atoms with Crippen LogP contribution < -0.4 is 0 Å². The van der Waals surface area contributed by atoms with Crippen molar-refractivity contribution < 1.29 is 4.79 Å². The van der Waals surface area contributed by atoms with Crippen LogP contribution in [0.2, 0.25) is 0 Å². The molecule has 0 bridgehead atoms. The quantitative estimate of drug-likeness (QED) is 0.504. The molecular weight excluding hydrogens is 290 g/mol. The maximum absolute atomic E-state index is 12.3. The highest BCUT2D eigenvalue weighted by Crippen LogP contribution is 2.26. The molecule has 1 saturated carbocycles. The van der Waals surface area contributed by atoms with Crippen molar-refractivity contribution in [2.24, 2.45) is 5.92 Å². The van der Waals surface area contributed by atoms with Gasteiger partial charge in [-0.3, -0.25) is 4.79 Å². The maximum Gasteiger partial charge on any atom is 0.222 e. The number of amides is 1. The lowest BCUT2D eigenvalue weighted by atomic mass is 9.96. The van der Waals surface area contributed by atoms with E-state index in [1.165, 1.54) is 38.5 Å². The van der Waals surface area contributed by atoms with Crippen LogP contribution >= 0.6 is 15.9 Å². The fourth-order valence-electron chi connectivity index (χ4n) is 2.76. The van der Waals surface area contributed by atoms with Crippen LogP contribution in [0.3, 0.4) is 0 Å². The van der Waals surface area contributed by atoms with Crippen LogP contribution in [0.25, 0.3) is 0 Å². The lowest BCUT2D eigenvalue weighted by molar-refractivity contribution is -0.132. The van der Waals surface area contributed by atoms with Crippen LogP contribution in [0, 0.1) is 5.92 Å². The van der Waals surface area contributed by atoms with Gasteiger partial charge < -0.3 is 4.90 Å². The smallest absolute Gasteiger partial charge is 0.222 e. The molecule has 18 heavy (non-hydrogen) atoms. The summed E-state index contributed by atoms with van der Waals surface area (Å²) in [7, 11) is 0. The molecule has 1 fully saturated rings. The van der Waals surface area contributed by atoms with Crippen molar-refractivity contribution in [1.82, 2.24) is 4.90 Å². The molecule has 1 aliphatic rings. The van der Waals surface area contributed by atoms with Crippen molar-refractivity contribution in [3.8, 4) is 0 Å². The highest BCUT2D eigenvalue weighted by molar-refractivity contribution is 9.09. The van der Waals surface area contributed by atoms with Gasteiger partial charge in [-0.1, -0.05) is 55.0 Å². The van der Waals surface area contributed by atoms with Gasteiger partial charge in [-0.25, -0.2) is 0 Å². The van der Waals surface area contributed by atoms with E-state index < -0.39 is 0 Å². The Morgan fingerprint density at radius 1 is 1.17 bits per heavy atom. The molecule has 0 aromatic carbocycles. The summed E-state index contributed by atoms with van der Waals surface area (Å²) in [6.07, 6.45) is 11.0. The van der Waals surface area contributed by atoms with Crippen LogP contribution in [0.4, 0.5) is 0 Å². The molecule has 0 heterocycles. The fourth-order valence-corrected chi connectivity index (χ4v) is 3.18. The molecule has 1 rings (SSSR count). The van der Waals surface area contributed by atoms with Gasteiger partial charge in [0.2, 0.25) is 5.91 Å². The Balaban J connectivity index is 2.38. The number of rotatable bonds is 7. The standard InChI is InChI=1S/C15H28BrNO/c1-2-3-11-17(12-10-16)15(18)13-14-8-6-4-5-7-9-14/h14H,2-13H2,1H3. The van der Waals surface area contributed by atoms with Crippen molar-refractivity contribution in [1.29, 1.82) is 0 Å². The van der Waals surface area contributed by atoms with Gasteiger partial charge in [0.15, 0.2) is 0 Å². The van der Waals surface area contributed by atoms with E-state index in [2.05, 4.69) is 27.8 Å². The summed E-state index contributed by atoms with van der Waals surface area (Å²) in [5.41, 5.74) is 0. The van der Waals surface area contributed by atoms with E-state index in [4.69, 9.17) is 0 Å². The molecule has 3 heteroatoms. The van der Waals surface area contributed by atoms with E-state index in [0.29, 0.717) is 11.8 Å². The highest BCUT2D eigenvalue weighted by atomic mass is 79.9. The first-order valence-electron chi connectivity index (χ1n) is 7.61. The summed E-state index contributed by atoms with van der Waals surface area (Å²) in [5, 5.41) is 0.896. The second-order valence-corrected chi connectivity index (χ2v) is 6.28. The minimum atomic E-state index is 0.384. The molecule has 0 aromatic rings. The molecule has 0 atom stereocenters. The van der Waals surface area contributed by atoms with Gasteiger partial charge >= 0.3 is 0 Å². The third kappa shape index (κ3) is 6.21. The zero-order chi connectivity index (χ0) is 13.2. The first-order chi connectivity index (χ1) is 8.77. The van der Waals surface area contributed by atoms with Gasteiger partial charge in [-0.15, -0.1) is 0 Å². The molecule has 2 nitrogen and oxygen atoms in total. The van der Waals surface area contributed by atoms with Gasteiger partial charge in [0, 0.05) is 24.8 Å². The first-order valence-corrected chi connectivity index (χ1v) is 8.73. The van der Waals surface area contributed by atoms with Crippen LogP contribution in [-0.4, -0.2) is 29.2 Å². The molecule has 1 amide bonds. The Hall–Kier alpha value is -0.0500. The second-order valence-electron chi connectivity index (χ2n) is 5.49. The largest absolute Gasteiger partial charge is 0.342 e. The number of carbonyl (C=O) groups excluding carboxylic acids is 1. The van der Waals surface area contributed by atoms with Crippen molar-refractivity contribution >= 4 is 21.8 Å². The lowest BCUT2D eigenvalue weighted by Gasteiger charge is -2.24. The molecule has 0 unspecified atom stereocenters. The number of alkyl halides is 1. The Bertz CT molecular complexity index is 225. The summed E-state index contributed by atoms with van der Waals surface area (Å²) in [4.78, 5) is 14.4. The van der Waals surface area contributed by atoms with E-state index in [1.54, 1.807) is 0 Å². The van der Waals surface area contributed by atoms with Crippen LogP contribution in [0.5, 0.6) is 0 Å². The Morgan fingerprint density at radius 3 is 2.39 bits per heavy atom. The molecule has 0 N–H and O–H groups in total. The monoisotopic (exact) mass is 317 g/mol. The number of hydrogen-bond donors (Lipinski definition) is 0. The zero-order valence-corrected chi connectivity index (χ0v) is 13.4. The number of nitrogens with zero attached hydrogens (tertiary/aromatic N) is 1. The number of carbonyl (C=O) groups is 1. The fraction of sp³-hybridized carbons (Fsp3) is 0.933. The predicted molar refractivity (Wildman–Crippen MR) is 81.1 cm³/mol. The predicted octanol–water partition coefficient (Wildman–Crippen LogP) is 4.37. The van der Waals surface area contributed by atoms with E-state index in [9.17, 15) is 4.79 Å². The van der Waals surface area contributed by atoms with E-state index in [-0.39, 0.29) is 0 Å². The Labute approximate surface area is 121 Å². The maximum atomic E-state index is 12.3. The van der Waals surface area contributed by atoms with Crippen LogP contribution in [0.1, 0.15) is 64.7 Å². The van der Waals surface area contributed by atoms with Crippen molar-refractivity contribution in [3.05, 3.63) is 0 Å². The molecule has 0 radical (unpaired) electrons. The van der Waals surface area contributed by atoms with E-state index in [0.717, 1.165) is 37.7 Å². The van der Waals surface area contributed by atoms with Gasteiger partial charge in [0.25, 0.3) is 0 Å². The van der Waals surface area contributed by atoms with Crippen molar-refractivity contribution in [2.75, 3.05) is 18.4 Å². The lowest BCUT2D eigenvalue weighted by Crippen LogP contribution is -2.34. The van der Waals surface area contributed by atoms with Gasteiger partial charge in [-0.05, 0) is 25.2 Å². The Morgan fingerprint density at radius 2 is 1.83 bits per heavy atom. The first kappa shape index (κ1) is 16.0. The average molecular weight is 318 g/mol. The third-order valence-corrected chi connectivity index (χ3v) is 4.28. The SMILES string of the molecule is CCCCN(CCBr)C(=O)CC1CCCCCC1. The normalized spacial score (nSPS) is 17.4. The summed E-state index contributed by atoms with van der Waals surface area (Å²) in [5.74, 6) is 1.04. The number of halogens is 1. The minimum absolute atomic E-state index is 0.384. The van der Waals surface area contributed by atoms with Gasteiger partial charge in [0.1, 0.15) is 0 Å².